The number of alkyl carbamates (subject to hydrolysis) is 1. The average Bonchev–Trinajstić information content (AvgIpc) is 2.42. The van der Waals surface area contributed by atoms with Crippen molar-refractivity contribution < 1.29 is 14.3 Å². The summed E-state index contributed by atoms with van der Waals surface area (Å²) in [5.74, 6) is -0.218. The zero-order valence-corrected chi connectivity index (χ0v) is 13.1. The molecule has 0 aromatic heterocycles. The van der Waals surface area contributed by atoms with Crippen molar-refractivity contribution in [1.82, 2.24) is 10.6 Å². The highest BCUT2D eigenvalue weighted by molar-refractivity contribution is 5.86. The number of benzene rings is 1. The van der Waals surface area contributed by atoms with Crippen LogP contribution in [0.2, 0.25) is 0 Å². The van der Waals surface area contributed by atoms with Gasteiger partial charge in [0.2, 0.25) is 5.91 Å². The van der Waals surface area contributed by atoms with Crippen molar-refractivity contribution in [3.05, 3.63) is 35.9 Å². The molecule has 1 aromatic carbocycles. The van der Waals surface area contributed by atoms with Crippen LogP contribution in [-0.4, -0.2) is 24.1 Å². The molecule has 0 saturated carbocycles. The van der Waals surface area contributed by atoms with Crippen LogP contribution in [0.5, 0.6) is 0 Å². The molecule has 0 bridgehead atoms. The number of hydrogen-bond acceptors (Lipinski definition) is 3. The highest BCUT2D eigenvalue weighted by Crippen LogP contribution is 2.05. The molecule has 0 saturated heterocycles. The second kappa shape index (κ2) is 8.29. The number of amides is 2. The number of carbonyl (C=O) groups excluding carboxylic acids is 2. The van der Waals surface area contributed by atoms with E-state index >= 15 is 0 Å². The first-order chi connectivity index (χ1) is 9.90. The average molecular weight is 292 g/mol. The van der Waals surface area contributed by atoms with Crippen molar-refractivity contribution >= 4 is 12.0 Å². The van der Waals surface area contributed by atoms with Gasteiger partial charge in [0.05, 0.1) is 0 Å². The minimum Gasteiger partial charge on any atom is -0.445 e. The Bertz CT molecular complexity index is 458. The van der Waals surface area contributed by atoms with E-state index < -0.39 is 12.1 Å². The lowest BCUT2D eigenvalue weighted by atomic mass is 10.0. The topological polar surface area (TPSA) is 67.4 Å². The molecule has 0 aliphatic carbocycles. The Labute approximate surface area is 126 Å². The van der Waals surface area contributed by atoms with Crippen molar-refractivity contribution in [2.24, 2.45) is 5.92 Å². The van der Waals surface area contributed by atoms with Gasteiger partial charge in [-0.25, -0.2) is 4.79 Å². The molecule has 1 aromatic rings. The smallest absolute Gasteiger partial charge is 0.408 e. The van der Waals surface area contributed by atoms with Gasteiger partial charge in [-0.15, -0.1) is 0 Å². The molecule has 0 spiro atoms. The standard InChI is InChI=1S/C16H24N2O3/c1-11(2)14(15(19)17-12(3)4)18-16(20)21-10-13-8-6-5-7-9-13/h5-9,11-12,14H,10H2,1-4H3,(H,17,19)(H,18,20)/t14-/m0/s1. The fraction of sp³-hybridized carbons (Fsp3) is 0.500. The molecule has 21 heavy (non-hydrogen) atoms. The predicted octanol–water partition coefficient (Wildman–Crippen LogP) is 2.46. The van der Waals surface area contributed by atoms with Crippen molar-refractivity contribution in [2.75, 3.05) is 0 Å². The largest absolute Gasteiger partial charge is 0.445 e. The lowest BCUT2D eigenvalue weighted by Gasteiger charge is -2.22. The molecule has 2 N–H and O–H groups in total. The second-order valence-corrected chi connectivity index (χ2v) is 5.59. The third kappa shape index (κ3) is 6.29. The van der Waals surface area contributed by atoms with E-state index in [-0.39, 0.29) is 24.5 Å². The van der Waals surface area contributed by atoms with Crippen LogP contribution in [0.4, 0.5) is 4.79 Å². The van der Waals surface area contributed by atoms with E-state index in [1.807, 2.05) is 58.0 Å². The molecule has 0 radical (unpaired) electrons. The molecule has 0 unspecified atom stereocenters. The van der Waals surface area contributed by atoms with Gasteiger partial charge in [0, 0.05) is 6.04 Å². The third-order valence-electron chi connectivity index (χ3n) is 2.87. The van der Waals surface area contributed by atoms with E-state index in [1.54, 1.807) is 0 Å². The molecule has 5 heteroatoms. The van der Waals surface area contributed by atoms with Crippen LogP contribution < -0.4 is 10.6 Å². The van der Waals surface area contributed by atoms with Gasteiger partial charge in [0.25, 0.3) is 0 Å². The second-order valence-electron chi connectivity index (χ2n) is 5.59. The predicted molar refractivity (Wildman–Crippen MR) is 81.7 cm³/mol. The van der Waals surface area contributed by atoms with E-state index in [0.29, 0.717) is 0 Å². The van der Waals surface area contributed by atoms with Gasteiger partial charge in [-0.2, -0.15) is 0 Å². The number of nitrogens with one attached hydrogen (secondary N) is 2. The lowest BCUT2D eigenvalue weighted by Crippen LogP contribution is -2.51. The molecular formula is C16H24N2O3. The van der Waals surface area contributed by atoms with Gasteiger partial charge >= 0.3 is 6.09 Å². The minimum absolute atomic E-state index is 0.0203. The molecule has 116 valence electrons. The summed E-state index contributed by atoms with van der Waals surface area (Å²) >= 11 is 0. The molecule has 0 heterocycles. The zero-order chi connectivity index (χ0) is 15.8. The molecule has 5 nitrogen and oxygen atoms in total. The lowest BCUT2D eigenvalue weighted by molar-refractivity contribution is -0.124. The fourth-order valence-corrected chi connectivity index (χ4v) is 1.80. The Morgan fingerprint density at radius 1 is 1.05 bits per heavy atom. The highest BCUT2D eigenvalue weighted by atomic mass is 16.5. The summed E-state index contributed by atoms with van der Waals surface area (Å²) in [5, 5.41) is 5.41. The van der Waals surface area contributed by atoms with Gasteiger partial charge in [-0.3, -0.25) is 4.79 Å². The van der Waals surface area contributed by atoms with Crippen molar-refractivity contribution in [1.29, 1.82) is 0 Å². The van der Waals surface area contributed by atoms with Gasteiger partial charge in [-0.1, -0.05) is 44.2 Å². The Hall–Kier alpha value is -2.04. The summed E-state index contributed by atoms with van der Waals surface area (Å²) in [6, 6.07) is 8.83. The molecule has 1 atom stereocenters. The first-order valence-electron chi connectivity index (χ1n) is 7.17. The van der Waals surface area contributed by atoms with Gasteiger partial charge in [0.15, 0.2) is 0 Å². The van der Waals surface area contributed by atoms with Crippen LogP contribution in [0.1, 0.15) is 33.3 Å². The van der Waals surface area contributed by atoms with Crippen molar-refractivity contribution in [3.63, 3.8) is 0 Å². The Morgan fingerprint density at radius 2 is 1.67 bits per heavy atom. The van der Waals surface area contributed by atoms with Crippen LogP contribution in [0.15, 0.2) is 30.3 Å². The van der Waals surface area contributed by atoms with Crippen LogP contribution >= 0.6 is 0 Å². The summed E-state index contributed by atoms with van der Waals surface area (Å²) in [6.45, 7) is 7.69. The zero-order valence-electron chi connectivity index (χ0n) is 13.1. The van der Waals surface area contributed by atoms with E-state index in [4.69, 9.17) is 4.74 Å². The van der Waals surface area contributed by atoms with Gasteiger partial charge in [-0.05, 0) is 25.3 Å². The summed E-state index contributed by atoms with van der Waals surface area (Å²) in [6.07, 6.45) is -0.587. The van der Waals surface area contributed by atoms with Crippen LogP contribution in [-0.2, 0) is 16.1 Å². The summed E-state index contributed by atoms with van der Waals surface area (Å²) < 4.78 is 5.13. The number of carbonyl (C=O) groups is 2. The van der Waals surface area contributed by atoms with Crippen molar-refractivity contribution in [2.45, 2.75) is 46.4 Å². The maximum atomic E-state index is 12.0. The quantitative estimate of drug-likeness (QED) is 0.846. The molecule has 0 fully saturated rings. The van der Waals surface area contributed by atoms with E-state index in [9.17, 15) is 9.59 Å². The van der Waals surface area contributed by atoms with Gasteiger partial charge in [0.1, 0.15) is 12.6 Å². The van der Waals surface area contributed by atoms with Crippen molar-refractivity contribution in [3.8, 4) is 0 Å². The first kappa shape index (κ1) is 17.0. The van der Waals surface area contributed by atoms with E-state index in [1.165, 1.54) is 0 Å². The molecule has 1 rings (SSSR count). The molecule has 2 amide bonds. The van der Waals surface area contributed by atoms with Crippen LogP contribution in [0.3, 0.4) is 0 Å². The Kier molecular flexibility index (Phi) is 6.72. The van der Waals surface area contributed by atoms with Crippen LogP contribution in [0.25, 0.3) is 0 Å². The molecule has 0 aliphatic heterocycles. The summed E-state index contributed by atoms with van der Waals surface area (Å²) in [5.41, 5.74) is 0.903. The fourth-order valence-electron chi connectivity index (χ4n) is 1.80. The maximum Gasteiger partial charge on any atom is 0.408 e. The summed E-state index contributed by atoms with van der Waals surface area (Å²) in [7, 11) is 0. The highest BCUT2D eigenvalue weighted by Gasteiger charge is 2.25. The normalized spacial score (nSPS) is 12.1. The number of hydrogen-bond donors (Lipinski definition) is 2. The maximum absolute atomic E-state index is 12.0. The molecular weight excluding hydrogens is 268 g/mol. The minimum atomic E-state index is -0.601. The summed E-state index contributed by atoms with van der Waals surface area (Å²) in [4.78, 5) is 23.8. The van der Waals surface area contributed by atoms with Gasteiger partial charge < -0.3 is 15.4 Å². The third-order valence-corrected chi connectivity index (χ3v) is 2.87. The van der Waals surface area contributed by atoms with Crippen LogP contribution in [0, 0.1) is 5.92 Å². The number of rotatable bonds is 6. The van der Waals surface area contributed by atoms with E-state index in [2.05, 4.69) is 10.6 Å². The molecule has 0 aliphatic rings. The Morgan fingerprint density at radius 3 is 2.19 bits per heavy atom. The Balaban J connectivity index is 2.51. The monoisotopic (exact) mass is 292 g/mol. The van der Waals surface area contributed by atoms with E-state index in [0.717, 1.165) is 5.56 Å². The first-order valence-corrected chi connectivity index (χ1v) is 7.17. The SMILES string of the molecule is CC(C)NC(=O)[C@@H](NC(=O)OCc1ccccc1)C(C)C. The number of ether oxygens (including phenoxy) is 1.